The van der Waals surface area contributed by atoms with Gasteiger partial charge in [0.15, 0.2) is 0 Å². The Hall–Kier alpha value is -2.25. The summed E-state index contributed by atoms with van der Waals surface area (Å²) in [6.45, 7) is 5.75. The molecule has 2 N–H and O–H groups in total. The maximum absolute atomic E-state index is 12.1. The normalized spacial score (nSPS) is 15.6. The third-order valence-electron chi connectivity index (χ3n) is 4.15. The lowest BCUT2D eigenvalue weighted by molar-refractivity contribution is -0.115. The van der Waals surface area contributed by atoms with Gasteiger partial charge in [-0.3, -0.25) is 4.79 Å². The zero-order valence-corrected chi connectivity index (χ0v) is 15.6. The molecule has 0 radical (unpaired) electrons. The van der Waals surface area contributed by atoms with Crippen LogP contribution in [-0.4, -0.2) is 5.91 Å². The maximum atomic E-state index is 12.1. The molecule has 25 heavy (non-hydrogen) atoms. The fourth-order valence-electron chi connectivity index (χ4n) is 2.73. The lowest BCUT2D eigenvalue weighted by Gasteiger charge is -2.20. The van der Waals surface area contributed by atoms with Gasteiger partial charge in [0.05, 0.1) is 17.2 Å². The molecule has 1 amide bonds. The Morgan fingerprint density at radius 2 is 2.12 bits per heavy atom. The Morgan fingerprint density at radius 1 is 1.44 bits per heavy atom. The highest BCUT2D eigenvalue weighted by molar-refractivity contribution is 6.30. The van der Waals surface area contributed by atoms with Crippen LogP contribution in [0.5, 0.6) is 5.75 Å². The predicted molar refractivity (Wildman–Crippen MR) is 99.0 cm³/mol. The van der Waals surface area contributed by atoms with E-state index in [1.807, 2.05) is 26.8 Å². The summed E-state index contributed by atoms with van der Waals surface area (Å²) >= 11 is 6.07. The van der Waals surface area contributed by atoms with Crippen molar-refractivity contribution in [1.82, 2.24) is 0 Å². The van der Waals surface area contributed by atoms with Crippen molar-refractivity contribution in [2.45, 2.75) is 40.0 Å². The van der Waals surface area contributed by atoms with Crippen LogP contribution in [0.1, 0.15) is 45.6 Å². The number of nitriles is 1. The molecule has 0 bridgehead atoms. The molecule has 0 aliphatic heterocycles. The van der Waals surface area contributed by atoms with Crippen LogP contribution in [0.25, 0.3) is 0 Å². The van der Waals surface area contributed by atoms with Crippen molar-refractivity contribution in [3.05, 3.63) is 51.8 Å². The fraction of sp³-hybridized carbons (Fsp3) is 0.400. The number of amides is 1. The zero-order valence-electron chi connectivity index (χ0n) is 14.8. The summed E-state index contributed by atoms with van der Waals surface area (Å²) in [6, 6.07) is 6.86. The molecule has 1 fully saturated rings. The van der Waals surface area contributed by atoms with Gasteiger partial charge in [0.25, 0.3) is 0 Å². The van der Waals surface area contributed by atoms with E-state index >= 15 is 0 Å². The van der Waals surface area contributed by atoms with Crippen LogP contribution in [0.2, 0.25) is 5.02 Å². The van der Waals surface area contributed by atoms with Gasteiger partial charge in [0.1, 0.15) is 11.5 Å². The highest BCUT2D eigenvalue weighted by Crippen LogP contribution is 2.39. The minimum absolute atomic E-state index is 0.0868. The number of allylic oxidation sites excluding steroid dienone is 2. The molecule has 1 saturated carbocycles. The number of ether oxygens (including phenoxy) is 1. The van der Waals surface area contributed by atoms with Crippen LogP contribution >= 0.6 is 11.6 Å². The van der Waals surface area contributed by atoms with Gasteiger partial charge in [-0.2, -0.15) is 5.26 Å². The summed E-state index contributed by atoms with van der Waals surface area (Å²) in [5.74, 6) is 0.954. The summed E-state index contributed by atoms with van der Waals surface area (Å²) in [5, 5.41) is 9.53. The molecule has 0 unspecified atom stereocenters. The van der Waals surface area contributed by atoms with E-state index < -0.39 is 5.91 Å². The summed E-state index contributed by atoms with van der Waals surface area (Å²) in [7, 11) is 0. The van der Waals surface area contributed by atoms with Crippen LogP contribution in [0, 0.1) is 23.2 Å². The minimum atomic E-state index is -0.498. The first-order valence-corrected chi connectivity index (χ1v) is 8.81. The smallest absolute Gasteiger partial charge is 0.248 e. The molecule has 0 atom stereocenters. The van der Waals surface area contributed by atoms with E-state index in [2.05, 4.69) is 6.07 Å². The van der Waals surface area contributed by atoms with Crippen LogP contribution in [0.4, 0.5) is 0 Å². The van der Waals surface area contributed by atoms with Crippen LogP contribution in [0.15, 0.2) is 41.2 Å². The number of carbonyl (C=O) groups is 1. The Balaban J connectivity index is 2.51. The number of halogens is 1. The molecule has 0 aromatic heterocycles. The second-order valence-corrected chi connectivity index (χ2v) is 7.05. The van der Waals surface area contributed by atoms with Crippen molar-refractivity contribution in [2.75, 3.05) is 0 Å². The lowest BCUT2D eigenvalue weighted by Crippen LogP contribution is -2.22. The van der Waals surface area contributed by atoms with Crippen molar-refractivity contribution in [2.24, 2.45) is 17.6 Å². The van der Waals surface area contributed by atoms with Crippen LogP contribution < -0.4 is 10.5 Å². The third kappa shape index (κ3) is 5.11. The Labute approximate surface area is 153 Å². The van der Waals surface area contributed by atoms with Gasteiger partial charge in [-0.05, 0) is 61.8 Å². The number of hydrogen-bond acceptors (Lipinski definition) is 3. The van der Waals surface area contributed by atoms with Crippen molar-refractivity contribution in [3.8, 4) is 11.8 Å². The number of benzene rings is 1. The number of carbonyl (C=O) groups excluding carboxylic acids is 1. The van der Waals surface area contributed by atoms with E-state index in [9.17, 15) is 4.79 Å². The number of rotatable bonds is 7. The SMILES string of the molecule is C/C=C(CC1CC1)/C(Oc1cc(Cl)cc(C#N)c1)=C(\C(N)=O)C(C)C. The number of hydrogen-bond donors (Lipinski definition) is 1. The molecular weight excluding hydrogens is 336 g/mol. The van der Waals surface area contributed by atoms with Crippen molar-refractivity contribution >= 4 is 17.5 Å². The van der Waals surface area contributed by atoms with E-state index in [1.165, 1.54) is 12.8 Å². The standard InChI is InChI=1S/C20H23ClN2O2/c1-4-15(7-13-5-6-13)19(18(12(2)3)20(23)24)25-17-9-14(11-22)8-16(21)10-17/h4,8-10,12-13H,5-7H2,1-3H3,(H2,23,24)/b15-4+,19-18+. The summed E-state index contributed by atoms with van der Waals surface area (Å²) < 4.78 is 6.08. The first-order valence-electron chi connectivity index (χ1n) is 8.43. The molecule has 1 aliphatic rings. The molecule has 1 aliphatic carbocycles. The van der Waals surface area contributed by atoms with E-state index in [1.54, 1.807) is 18.2 Å². The molecule has 5 heteroatoms. The second kappa shape index (κ2) is 8.22. The largest absolute Gasteiger partial charge is 0.456 e. The van der Waals surface area contributed by atoms with Crippen molar-refractivity contribution in [1.29, 1.82) is 5.26 Å². The Bertz CT molecular complexity index is 768. The van der Waals surface area contributed by atoms with Crippen molar-refractivity contribution in [3.63, 3.8) is 0 Å². The maximum Gasteiger partial charge on any atom is 0.248 e. The zero-order chi connectivity index (χ0) is 18.6. The van der Waals surface area contributed by atoms with Gasteiger partial charge in [-0.25, -0.2) is 0 Å². The molecule has 0 spiro atoms. The molecule has 1 aromatic rings. The minimum Gasteiger partial charge on any atom is -0.456 e. The van der Waals surface area contributed by atoms with Gasteiger partial charge in [0.2, 0.25) is 5.91 Å². The molecule has 0 heterocycles. The van der Waals surface area contributed by atoms with Crippen molar-refractivity contribution < 1.29 is 9.53 Å². The van der Waals surface area contributed by atoms with Gasteiger partial charge in [-0.1, -0.05) is 31.5 Å². The topological polar surface area (TPSA) is 76.1 Å². The molecule has 1 aromatic carbocycles. The summed E-state index contributed by atoms with van der Waals surface area (Å²) in [6.07, 6.45) is 5.19. The molecular formula is C20H23ClN2O2. The molecule has 4 nitrogen and oxygen atoms in total. The second-order valence-electron chi connectivity index (χ2n) is 6.61. The fourth-order valence-corrected chi connectivity index (χ4v) is 2.96. The highest BCUT2D eigenvalue weighted by atomic mass is 35.5. The molecule has 132 valence electrons. The monoisotopic (exact) mass is 358 g/mol. The predicted octanol–water partition coefficient (Wildman–Crippen LogP) is 4.73. The first-order chi connectivity index (χ1) is 11.8. The average Bonchev–Trinajstić information content (AvgIpc) is 3.34. The molecule has 0 saturated heterocycles. The summed E-state index contributed by atoms with van der Waals surface area (Å²) in [4.78, 5) is 12.1. The average molecular weight is 359 g/mol. The van der Waals surface area contributed by atoms with E-state index in [0.717, 1.165) is 12.0 Å². The van der Waals surface area contributed by atoms with Gasteiger partial charge < -0.3 is 10.5 Å². The summed E-state index contributed by atoms with van der Waals surface area (Å²) in [5.41, 5.74) is 7.45. The quantitative estimate of drug-likeness (QED) is 0.434. The lowest BCUT2D eigenvalue weighted by atomic mass is 9.95. The number of primary amides is 1. The van der Waals surface area contributed by atoms with E-state index in [0.29, 0.717) is 33.6 Å². The van der Waals surface area contributed by atoms with Crippen LogP contribution in [0.3, 0.4) is 0 Å². The first kappa shape index (κ1) is 19.1. The van der Waals surface area contributed by atoms with Gasteiger partial charge in [-0.15, -0.1) is 0 Å². The Morgan fingerprint density at radius 3 is 2.60 bits per heavy atom. The van der Waals surface area contributed by atoms with E-state index in [4.69, 9.17) is 27.3 Å². The van der Waals surface area contributed by atoms with Gasteiger partial charge >= 0.3 is 0 Å². The number of nitrogens with zero attached hydrogens (tertiary/aromatic N) is 1. The van der Waals surface area contributed by atoms with E-state index in [-0.39, 0.29) is 5.92 Å². The highest BCUT2D eigenvalue weighted by Gasteiger charge is 2.27. The third-order valence-corrected chi connectivity index (χ3v) is 4.37. The van der Waals surface area contributed by atoms with Gasteiger partial charge in [0, 0.05) is 5.02 Å². The molecule has 2 rings (SSSR count). The van der Waals surface area contributed by atoms with Crippen LogP contribution in [-0.2, 0) is 4.79 Å². The Kier molecular flexibility index (Phi) is 6.27. The number of nitrogens with two attached hydrogens (primary N) is 1.